The maximum absolute atomic E-state index is 5.61. The maximum atomic E-state index is 5.61. The van der Waals surface area contributed by atoms with E-state index in [0.29, 0.717) is 12.0 Å². The normalized spacial score (nSPS) is 16.5. The summed E-state index contributed by atoms with van der Waals surface area (Å²) in [6.45, 7) is 10.4. The molecule has 0 saturated heterocycles. The molecule has 0 aliphatic heterocycles. The van der Waals surface area contributed by atoms with Gasteiger partial charge >= 0.3 is 0 Å². The molecule has 0 atom stereocenters. The van der Waals surface area contributed by atoms with E-state index >= 15 is 0 Å². The van der Waals surface area contributed by atoms with Gasteiger partial charge in [-0.25, -0.2) is 9.98 Å². The van der Waals surface area contributed by atoms with Gasteiger partial charge < -0.3 is 15.4 Å². The first-order valence-corrected chi connectivity index (χ1v) is 10.1. The monoisotopic (exact) mass is 480 g/mol. The first-order valence-electron chi connectivity index (χ1n) is 9.18. The third kappa shape index (κ3) is 7.38. The van der Waals surface area contributed by atoms with Gasteiger partial charge in [0.05, 0.1) is 17.7 Å². The fourth-order valence-corrected chi connectivity index (χ4v) is 4.02. The number of nitrogens with zero attached hydrogens (tertiary/aromatic N) is 2. The van der Waals surface area contributed by atoms with Crippen LogP contribution in [-0.4, -0.2) is 37.2 Å². The number of aliphatic imine (C=N–C) groups is 1. The summed E-state index contributed by atoms with van der Waals surface area (Å²) in [4.78, 5) is 10.3. The van der Waals surface area contributed by atoms with Crippen molar-refractivity contribution in [2.24, 2.45) is 10.4 Å². The van der Waals surface area contributed by atoms with Crippen LogP contribution in [0.3, 0.4) is 0 Å². The summed E-state index contributed by atoms with van der Waals surface area (Å²) in [6, 6.07) is 0. The van der Waals surface area contributed by atoms with E-state index in [9.17, 15) is 0 Å². The fourth-order valence-electron chi connectivity index (χ4n) is 3.31. The topological polar surface area (TPSA) is 58.5 Å². The van der Waals surface area contributed by atoms with Gasteiger partial charge in [0, 0.05) is 31.2 Å². The Labute approximate surface area is 173 Å². The second-order valence-corrected chi connectivity index (χ2v) is 7.50. The molecule has 1 aromatic rings. The van der Waals surface area contributed by atoms with Crippen LogP contribution in [0.4, 0.5) is 0 Å². The maximum Gasteiger partial charge on any atom is 0.191 e. The van der Waals surface area contributed by atoms with Crippen LogP contribution in [0, 0.1) is 12.3 Å². The molecule has 144 valence electrons. The minimum absolute atomic E-state index is 0. The summed E-state index contributed by atoms with van der Waals surface area (Å²) in [7, 11) is 0. The lowest BCUT2D eigenvalue weighted by atomic mass is 9.83. The molecule has 1 saturated carbocycles. The predicted molar refractivity (Wildman–Crippen MR) is 117 cm³/mol. The smallest absolute Gasteiger partial charge is 0.191 e. The lowest BCUT2D eigenvalue weighted by Crippen LogP contribution is -2.43. The first kappa shape index (κ1) is 22.6. The molecule has 1 aromatic heterocycles. The van der Waals surface area contributed by atoms with Gasteiger partial charge in [-0.1, -0.05) is 12.8 Å². The number of aromatic nitrogens is 1. The number of guanidine groups is 1. The molecule has 2 N–H and O–H groups in total. The SMILES string of the molecule is CCNC(=NCc1scnc1C)NCC1(CCOCC)CCCC1.I. The van der Waals surface area contributed by atoms with Crippen LogP contribution >= 0.6 is 35.3 Å². The Morgan fingerprint density at radius 2 is 2.08 bits per heavy atom. The van der Waals surface area contributed by atoms with E-state index in [1.807, 2.05) is 12.4 Å². The largest absolute Gasteiger partial charge is 0.382 e. The Balaban J connectivity index is 0.00000312. The number of nitrogens with one attached hydrogen (secondary N) is 2. The standard InChI is InChI=1S/C18H32N4OS.HI/c1-4-19-17(20-12-16-15(3)22-14-24-16)21-13-18(8-6-7-9-18)10-11-23-5-2;/h14H,4-13H2,1-3H3,(H2,19,20,21);1H. The number of rotatable bonds is 9. The Bertz CT molecular complexity index is 515. The van der Waals surface area contributed by atoms with Crippen molar-refractivity contribution in [3.05, 3.63) is 16.1 Å². The molecule has 5 nitrogen and oxygen atoms in total. The van der Waals surface area contributed by atoms with Crippen LogP contribution in [0.1, 0.15) is 56.5 Å². The molecular weight excluding hydrogens is 447 g/mol. The summed E-state index contributed by atoms with van der Waals surface area (Å²) in [5.41, 5.74) is 3.34. The summed E-state index contributed by atoms with van der Waals surface area (Å²) >= 11 is 1.68. The molecular formula is C18H33IN4OS. The Kier molecular flexibility index (Phi) is 10.9. The van der Waals surface area contributed by atoms with E-state index in [0.717, 1.165) is 44.4 Å². The highest BCUT2D eigenvalue weighted by Crippen LogP contribution is 2.40. The summed E-state index contributed by atoms with van der Waals surface area (Å²) < 4.78 is 5.61. The molecule has 1 fully saturated rings. The lowest BCUT2D eigenvalue weighted by molar-refractivity contribution is 0.105. The van der Waals surface area contributed by atoms with E-state index < -0.39 is 0 Å². The second kappa shape index (κ2) is 12.1. The molecule has 2 rings (SSSR count). The lowest BCUT2D eigenvalue weighted by Gasteiger charge is -2.30. The fraction of sp³-hybridized carbons (Fsp3) is 0.778. The van der Waals surface area contributed by atoms with Gasteiger partial charge in [-0.05, 0) is 45.4 Å². The highest BCUT2D eigenvalue weighted by atomic mass is 127. The highest BCUT2D eigenvalue weighted by molar-refractivity contribution is 14.0. The van der Waals surface area contributed by atoms with E-state index in [1.54, 1.807) is 11.3 Å². The van der Waals surface area contributed by atoms with Crippen molar-refractivity contribution >= 4 is 41.3 Å². The zero-order chi connectivity index (χ0) is 17.3. The summed E-state index contributed by atoms with van der Waals surface area (Å²) in [5.74, 6) is 0.910. The van der Waals surface area contributed by atoms with E-state index in [4.69, 9.17) is 9.73 Å². The molecule has 0 aromatic carbocycles. The molecule has 0 bridgehead atoms. The molecule has 7 heteroatoms. The molecule has 0 radical (unpaired) electrons. The molecule has 1 aliphatic carbocycles. The number of halogens is 1. The van der Waals surface area contributed by atoms with Crippen LogP contribution < -0.4 is 10.6 Å². The highest BCUT2D eigenvalue weighted by Gasteiger charge is 2.33. The molecule has 25 heavy (non-hydrogen) atoms. The van der Waals surface area contributed by atoms with Crippen molar-refractivity contribution in [3.8, 4) is 0 Å². The zero-order valence-electron chi connectivity index (χ0n) is 15.8. The van der Waals surface area contributed by atoms with Crippen molar-refractivity contribution in [1.82, 2.24) is 15.6 Å². The Morgan fingerprint density at radius 1 is 1.32 bits per heavy atom. The van der Waals surface area contributed by atoms with Crippen LogP contribution in [0.25, 0.3) is 0 Å². The average molecular weight is 480 g/mol. The number of ether oxygens (including phenoxy) is 1. The van der Waals surface area contributed by atoms with Crippen molar-refractivity contribution in [2.75, 3.05) is 26.3 Å². The second-order valence-electron chi connectivity index (χ2n) is 6.56. The molecule has 0 unspecified atom stereocenters. The van der Waals surface area contributed by atoms with Gasteiger partial charge in [-0.15, -0.1) is 35.3 Å². The third-order valence-corrected chi connectivity index (χ3v) is 5.77. The average Bonchev–Trinajstić information content (AvgIpc) is 3.20. The van der Waals surface area contributed by atoms with Gasteiger partial charge in [0.25, 0.3) is 0 Å². The summed E-state index contributed by atoms with van der Waals surface area (Å²) in [5, 5.41) is 6.94. The van der Waals surface area contributed by atoms with E-state index in [1.165, 1.54) is 30.6 Å². The third-order valence-electron chi connectivity index (χ3n) is 4.85. The van der Waals surface area contributed by atoms with Gasteiger partial charge in [0.1, 0.15) is 0 Å². The molecule has 1 aliphatic rings. The quantitative estimate of drug-likeness (QED) is 0.242. The van der Waals surface area contributed by atoms with Crippen LogP contribution in [-0.2, 0) is 11.3 Å². The van der Waals surface area contributed by atoms with Gasteiger partial charge in [-0.3, -0.25) is 0 Å². The molecule has 0 amide bonds. The van der Waals surface area contributed by atoms with E-state index in [2.05, 4.69) is 29.5 Å². The van der Waals surface area contributed by atoms with Crippen molar-refractivity contribution in [2.45, 2.75) is 59.4 Å². The Hall–Kier alpha value is -0.410. The summed E-state index contributed by atoms with van der Waals surface area (Å²) in [6.07, 6.45) is 6.39. The van der Waals surface area contributed by atoms with E-state index in [-0.39, 0.29) is 24.0 Å². The first-order chi connectivity index (χ1) is 11.7. The van der Waals surface area contributed by atoms with Gasteiger partial charge in [0.2, 0.25) is 0 Å². The number of aryl methyl sites for hydroxylation is 1. The predicted octanol–water partition coefficient (Wildman–Crippen LogP) is 4.11. The number of thiazole rings is 1. The van der Waals surface area contributed by atoms with Crippen LogP contribution in [0.15, 0.2) is 10.5 Å². The van der Waals surface area contributed by atoms with Crippen LogP contribution in [0.2, 0.25) is 0 Å². The van der Waals surface area contributed by atoms with Gasteiger partial charge in [-0.2, -0.15) is 0 Å². The van der Waals surface area contributed by atoms with Crippen molar-refractivity contribution < 1.29 is 4.74 Å². The molecule has 1 heterocycles. The minimum Gasteiger partial charge on any atom is -0.382 e. The van der Waals surface area contributed by atoms with Crippen molar-refractivity contribution in [3.63, 3.8) is 0 Å². The zero-order valence-corrected chi connectivity index (χ0v) is 18.9. The minimum atomic E-state index is 0. The number of hydrogen-bond acceptors (Lipinski definition) is 4. The van der Waals surface area contributed by atoms with Crippen LogP contribution in [0.5, 0.6) is 0 Å². The van der Waals surface area contributed by atoms with Gasteiger partial charge in [0.15, 0.2) is 5.96 Å². The Morgan fingerprint density at radius 3 is 2.68 bits per heavy atom. The number of hydrogen-bond donors (Lipinski definition) is 2. The molecule has 0 spiro atoms. The van der Waals surface area contributed by atoms with Crippen molar-refractivity contribution in [1.29, 1.82) is 0 Å².